The van der Waals surface area contributed by atoms with E-state index in [2.05, 4.69) is 15.9 Å². The molecule has 3 aromatic rings. The van der Waals surface area contributed by atoms with Gasteiger partial charge in [0.25, 0.3) is 0 Å². The summed E-state index contributed by atoms with van der Waals surface area (Å²) in [6, 6.07) is 16.0. The fourth-order valence-electron chi connectivity index (χ4n) is 3.35. The molecule has 0 bridgehead atoms. The van der Waals surface area contributed by atoms with Crippen LogP contribution < -0.4 is 0 Å². The highest BCUT2D eigenvalue weighted by Crippen LogP contribution is 2.36. The Labute approximate surface area is 160 Å². The number of halogens is 2. The number of rotatable bonds is 3. The second-order valence-corrected chi connectivity index (χ2v) is 8.96. The summed E-state index contributed by atoms with van der Waals surface area (Å²) in [5, 5.41) is 0. The predicted molar refractivity (Wildman–Crippen MR) is 101 cm³/mol. The van der Waals surface area contributed by atoms with Gasteiger partial charge in [0, 0.05) is 29.5 Å². The number of hydrogen-bond donors (Lipinski definition) is 0. The molecule has 1 aliphatic heterocycles. The Balaban J connectivity index is 1.83. The molecule has 134 valence electrons. The lowest BCUT2D eigenvalue weighted by molar-refractivity contribution is 0.298. The SMILES string of the molecule is O=S(=O)(c1ccc(Br)cc1)N1CCn2cccc2C1c1ccc(F)cc1. The van der Waals surface area contributed by atoms with E-state index in [1.54, 1.807) is 36.4 Å². The Bertz CT molecular complexity index is 1030. The van der Waals surface area contributed by atoms with Gasteiger partial charge in [-0.25, -0.2) is 12.8 Å². The number of benzene rings is 2. The Morgan fingerprint density at radius 1 is 0.962 bits per heavy atom. The molecule has 1 aliphatic rings. The van der Waals surface area contributed by atoms with Crippen molar-refractivity contribution in [1.29, 1.82) is 0 Å². The molecule has 0 aliphatic carbocycles. The van der Waals surface area contributed by atoms with Crippen LogP contribution in [0, 0.1) is 5.82 Å². The fourth-order valence-corrected chi connectivity index (χ4v) is 5.19. The van der Waals surface area contributed by atoms with Crippen molar-refractivity contribution in [3.63, 3.8) is 0 Å². The van der Waals surface area contributed by atoms with Crippen molar-refractivity contribution in [1.82, 2.24) is 8.87 Å². The first-order valence-corrected chi connectivity index (χ1v) is 10.4. The first kappa shape index (κ1) is 17.5. The summed E-state index contributed by atoms with van der Waals surface area (Å²) >= 11 is 3.33. The maximum Gasteiger partial charge on any atom is 0.244 e. The molecule has 4 nitrogen and oxygen atoms in total. The number of hydrogen-bond acceptors (Lipinski definition) is 2. The van der Waals surface area contributed by atoms with Gasteiger partial charge in [-0.15, -0.1) is 0 Å². The molecule has 26 heavy (non-hydrogen) atoms. The van der Waals surface area contributed by atoms with Gasteiger partial charge in [-0.1, -0.05) is 28.1 Å². The van der Waals surface area contributed by atoms with Crippen LogP contribution in [-0.4, -0.2) is 23.8 Å². The molecule has 2 heterocycles. The summed E-state index contributed by atoms with van der Waals surface area (Å²) in [5.41, 5.74) is 1.62. The molecule has 1 atom stereocenters. The van der Waals surface area contributed by atoms with Crippen molar-refractivity contribution in [3.05, 3.63) is 88.4 Å². The van der Waals surface area contributed by atoms with E-state index < -0.39 is 16.1 Å². The summed E-state index contributed by atoms with van der Waals surface area (Å²) in [6.07, 6.45) is 1.94. The molecule has 0 saturated heterocycles. The maximum atomic E-state index is 13.4. The minimum absolute atomic E-state index is 0.243. The van der Waals surface area contributed by atoms with Gasteiger partial charge < -0.3 is 4.57 Å². The minimum atomic E-state index is -3.70. The molecule has 2 aromatic carbocycles. The van der Waals surface area contributed by atoms with Gasteiger partial charge in [-0.05, 0) is 54.1 Å². The Kier molecular flexibility index (Phi) is 4.46. The molecular formula is C19H16BrFN2O2S. The Morgan fingerprint density at radius 3 is 2.35 bits per heavy atom. The van der Waals surface area contributed by atoms with Crippen LogP contribution in [0.1, 0.15) is 17.3 Å². The van der Waals surface area contributed by atoms with Gasteiger partial charge in [0.15, 0.2) is 0 Å². The Hall–Kier alpha value is -1.96. The molecule has 0 radical (unpaired) electrons. The van der Waals surface area contributed by atoms with Crippen molar-refractivity contribution < 1.29 is 12.8 Å². The Morgan fingerprint density at radius 2 is 1.65 bits per heavy atom. The van der Waals surface area contributed by atoms with Gasteiger partial charge in [-0.3, -0.25) is 0 Å². The van der Waals surface area contributed by atoms with Crippen LogP contribution in [0.3, 0.4) is 0 Å². The van der Waals surface area contributed by atoms with Crippen LogP contribution in [-0.2, 0) is 16.6 Å². The predicted octanol–water partition coefficient (Wildman–Crippen LogP) is 4.18. The van der Waals surface area contributed by atoms with E-state index in [0.717, 1.165) is 15.7 Å². The first-order chi connectivity index (χ1) is 12.5. The summed E-state index contributed by atoms with van der Waals surface area (Å²) in [6.45, 7) is 0.928. The van der Waals surface area contributed by atoms with Crippen molar-refractivity contribution >= 4 is 26.0 Å². The molecule has 1 unspecified atom stereocenters. The fraction of sp³-hybridized carbons (Fsp3) is 0.158. The smallest absolute Gasteiger partial charge is 0.244 e. The van der Waals surface area contributed by atoms with Gasteiger partial charge in [0.2, 0.25) is 10.0 Å². The highest BCUT2D eigenvalue weighted by molar-refractivity contribution is 9.10. The van der Waals surface area contributed by atoms with Crippen LogP contribution in [0.4, 0.5) is 4.39 Å². The second-order valence-electron chi connectivity index (χ2n) is 6.15. The highest BCUT2D eigenvalue weighted by atomic mass is 79.9. The van der Waals surface area contributed by atoms with Crippen LogP contribution in [0.5, 0.6) is 0 Å². The standard InChI is InChI=1S/C19H16BrFN2O2S/c20-15-5-9-17(10-6-15)26(24,25)23-13-12-22-11-1-2-18(22)19(23)14-3-7-16(21)8-4-14/h1-11,19H,12-13H2. The van der Waals surface area contributed by atoms with Crippen LogP contribution in [0.25, 0.3) is 0 Å². The zero-order valence-electron chi connectivity index (χ0n) is 13.7. The van der Waals surface area contributed by atoms with Crippen molar-refractivity contribution in [3.8, 4) is 0 Å². The van der Waals surface area contributed by atoms with E-state index >= 15 is 0 Å². The van der Waals surface area contributed by atoms with E-state index in [1.165, 1.54) is 16.4 Å². The summed E-state index contributed by atoms with van der Waals surface area (Å²) in [4.78, 5) is 0.243. The van der Waals surface area contributed by atoms with E-state index in [4.69, 9.17) is 0 Å². The molecule has 0 saturated carbocycles. The molecular weight excluding hydrogens is 419 g/mol. The lowest BCUT2D eigenvalue weighted by atomic mass is 10.0. The van der Waals surface area contributed by atoms with E-state index in [-0.39, 0.29) is 10.7 Å². The number of aromatic nitrogens is 1. The summed E-state index contributed by atoms with van der Waals surface area (Å²) in [7, 11) is -3.70. The zero-order chi connectivity index (χ0) is 18.3. The van der Waals surface area contributed by atoms with Crippen LogP contribution in [0.2, 0.25) is 0 Å². The second kappa shape index (κ2) is 6.64. The van der Waals surface area contributed by atoms with Gasteiger partial charge in [0.05, 0.1) is 10.9 Å². The lowest BCUT2D eigenvalue weighted by Crippen LogP contribution is -2.42. The van der Waals surface area contributed by atoms with Gasteiger partial charge in [-0.2, -0.15) is 4.31 Å². The average Bonchev–Trinajstić information content (AvgIpc) is 3.11. The first-order valence-electron chi connectivity index (χ1n) is 8.15. The molecule has 4 rings (SSSR count). The highest BCUT2D eigenvalue weighted by Gasteiger charge is 2.37. The minimum Gasteiger partial charge on any atom is -0.348 e. The van der Waals surface area contributed by atoms with E-state index in [9.17, 15) is 12.8 Å². The normalized spacial score (nSPS) is 17.8. The van der Waals surface area contributed by atoms with Crippen molar-refractivity contribution in [2.24, 2.45) is 0 Å². The third kappa shape index (κ3) is 3.00. The number of sulfonamides is 1. The number of fused-ring (bicyclic) bond motifs is 1. The third-order valence-corrected chi connectivity index (χ3v) is 7.01. The van der Waals surface area contributed by atoms with Crippen molar-refractivity contribution in [2.75, 3.05) is 6.54 Å². The van der Waals surface area contributed by atoms with E-state index in [1.807, 2.05) is 22.9 Å². The van der Waals surface area contributed by atoms with Crippen LogP contribution >= 0.6 is 15.9 Å². The van der Waals surface area contributed by atoms with Gasteiger partial charge in [0.1, 0.15) is 5.82 Å². The summed E-state index contributed by atoms with van der Waals surface area (Å²) < 4.78 is 44.4. The zero-order valence-corrected chi connectivity index (χ0v) is 16.1. The number of nitrogens with zero attached hydrogens (tertiary/aromatic N) is 2. The summed E-state index contributed by atoms with van der Waals surface area (Å²) in [5.74, 6) is -0.345. The molecule has 0 fully saturated rings. The van der Waals surface area contributed by atoms with Gasteiger partial charge >= 0.3 is 0 Å². The largest absolute Gasteiger partial charge is 0.348 e. The molecule has 1 aromatic heterocycles. The lowest BCUT2D eigenvalue weighted by Gasteiger charge is -2.36. The average molecular weight is 435 g/mol. The van der Waals surface area contributed by atoms with E-state index in [0.29, 0.717) is 13.1 Å². The maximum absolute atomic E-state index is 13.4. The topological polar surface area (TPSA) is 42.3 Å². The molecule has 0 spiro atoms. The molecule has 0 N–H and O–H groups in total. The van der Waals surface area contributed by atoms with Crippen LogP contribution in [0.15, 0.2) is 76.2 Å². The molecule has 7 heteroatoms. The third-order valence-electron chi connectivity index (χ3n) is 4.60. The molecule has 0 amide bonds. The van der Waals surface area contributed by atoms with Crippen molar-refractivity contribution in [2.45, 2.75) is 17.5 Å². The monoisotopic (exact) mass is 434 g/mol. The quantitative estimate of drug-likeness (QED) is 0.620.